The van der Waals surface area contributed by atoms with Crippen LogP contribution in [0.2, 0.25) is 0 Å². The fourth-order valence-corrected chi connectivity index (χ4v) is 1.45. The quantitative estimate of drug-likeness (QED) is 0.799. The topological polar surface area (TPSA) is 98.9 Å². The smallest absolute Gasteiger partial charge is 0.329 e. The van der Waals surface area contributed by atoms with Crippen LogP contribution in [0.4, 0.5) is 5.95 Å². The largest absolute Gasteiger partial charge is 0.480 e. The predicted molar refractivity (Wildman–Crippen MR) is 61.3 cm³/mol. The molecule has 0 aliphatic rings. The molecule has 0 fully saturated rings. The normalized spacial score (nSPS) is 13.5. The summed E-state index contributed by atoms with van der Waals surface area (Å²) in [5, 5.41) is 20.6. The van der Waals surface area contributed by atoms with Crippen molar-refractivity contribution < 1.29 is 9.90 Å². The number of hydrogen-bond donors (Lipinski definition) is 2. The lowest BCUT2D eigenvalue weighted by atomic mass is 9.97. The van der Waals surface area contributed by atoms with Crippen LogP contribution in [0.3, 0.4) is 0 Å². The molecule has 1 aromatic heterocycles. The summed E-state index contributed by atoms with van der Waals surface area (Å²) in [5.74, 6) is -0.812. The van der Waals surface area contributed by atoms with Gasteiger partial charge in [-0.15, -0.1) is 0 Å². The fraction of sp³-hybridized carbons (Fsp3) is 0.455. The lowest BCUT2D eigenvalue weighted by molar-refractivity contribution is -0.142. The number of nitriles is 1. The molecule has 0 bridgehead atoms. The molecular formula is C11H14N4O2. The van der Waals surface area contributed by atoms with Crippen molar-refractivity contribution in [3.8, 4) is 6.07 Å². The highest BCUT2D eigenvalue weighted by molar-refractivity contribution is 5.81. The van der Waals surface area contributed by atoms with Crippen molar-refractivity contribution in [3.63, 3.8) is 0 Å². The minimum absolute atomic E-state index is 0.155. The molecule has 0 aliphatic carbocycles. The van der Waals surface area contributed by atoms with Crippen molar-refractivity contribution in [2.24, 2.45) is 0 Å². The van der Waals surface area contributed by atoms with E-state index in [1.165, 1.54) is 12.3 Å². The van der Waals surface area contributed by atoms with E-state index in [1.807, 2.05) is 13.0 Å². The van der Waals surface area contributed by atoms with Gasteiger partial charge in [-0.25, -0.2) is 14.8 Å². The Bertz CT molecular complexity index is 455. The maximum atomic E-state index is 11.2. The molecule has 1 heterocycles. The van der Waals surface area contributed by atoms with Crippen LogP contribution in [-0.4, -0.2) is 26.6 Å². The molecule has 0 radical (unpaired) electrons. The van der Waals surface area contributed by atoms with Crippen LogP contribution in [0, 0.1) is 11.3 Å². The molecule has 6 nitrogen and oxygen atoms in total. The molecule has 1 rings (SSSR count). The van der Waals surface area contributed by atoms with Gasteiger partial charge in [-0.3, -0.25) is 0 Å². The summed E-state index contributed by atoms with van der Waals surface area (Å²) in [5.41, 5.74) is -0.922. The first-order valence-electron chi connectivity index (χ1n) is 5.26. The van der Waals surface area contributed by atoms with Gasteiger partial charge in [0.25, 0.3) is 0 Å². The van der Waals surface area contributed by atoms with Gasteiger partial charge in [0.05, 0.1) is 0 Å². The second-order valence-electron chi connectivity index (χ2n) is 3.89. The van der Waals surface area contributed by atoms with Gasteiger partial charge in [0, 0.05) is 6.20 Å². The molecular weight excluding hydrogens is 220 g/mol. The Hall–Kier alpha value is -2.16. The summed E-state index contributed by atoms with van der Waals surface area (Å²) in [4.78, 5) is 19.0. The highest BCUT2D eigenvalue weighted by atomic mass is 16.4. The molecule has 90 valence electrons. The van der Waals surface area contributed by atoms with Gasteiger partial charge in [-0.2, -0.15) is 5.26 Å². The first-order chi connectivity index (χ1) is 8.01. The third-order valence-corrected chi connectivity index (χ3v) is 2.38. The minimum atomic E-state index is -1.12. The number of carboxylic acids is 1. The van der Waals surface area contributed by atoms with Gasteiger partial charge in [-0.1, -0.05) is 13.3 Å². The maximum Gasteiger partial charge on any atom is 0.329 e. The lowest BCUT2D eigenvalue weighted by Gasteiger charge is -2.25. The summed E-state index contributed by atoms with van der Waals surface area (Å²) >= 11 is 0. The second-order valence-corrected chi connectivity index (χ2v) is 3.89. The van der Waals surface area contributed by atoms with Gasteiger partial charge < -0.3 is 10.4 Å². The zero-order valence-corrected chi connectivity index (χ0v) is 9.77. The molecule has 1 unspecified atom stereocenters. The van der Waals surface area contributed by atoms with Gasteiger partial charge in [-0.05, 0) is 19.4 Å². The van der Waals surface area contributed by atoms with E-state index in [9.17, 15) is 4.79 Å². The number of hydrogen-bond acceptors (Lipinski definition) is 5. The average Bonchev–Trinajstić information content (AvgIpc) is 2.29. The number of nitrogens with zero attached hydrogens (tertiary/aromatic N) is 3. The van der Waals surface area contributed by atoms with Gasteiger partial charge in [0.15, 0.2) is 0 Å². The van der Waals surface area contributed by atoms with Crippen LogP contribution in [0.1, 0.15) is 32.4 Å². The van der Waals surface area contributed by atoms with E-state index >= 15 is 0 Å². The van der Waals surface area contributed by atoms with Gasteiger partial charge >= 0.3 is 5.97 Å². The number of anilines is 1. The molecule has 2 N–H and O–H groups in total. The Morgan fingerprint density at radius 3 is 2.94 bits per heavy atom. The summed E-state index contributed by atoms with van der Waals surface area (Å²) in [7, 11) is 0. The van der Waals surface area contributed by atoms with E-state index in [0.29, 0.717) is 12.8 Å². The van der Waals surface area contributed by atoms with Crippen LogP contribution >= 0.6 is 0 Å². The van der Waals surface area contributed by atoms with Crippen LogP contribution in [-0.2, 0) is 4.79 Å². The molecule has 0 saturated heterocycles. The van der Waals surface area contributed by atoms with Gasteiger partial charge in [0.2, 0.25) is 5.95 Å². The number of aromatic nitrogens is 2. The van der Waals surface area contributed by atoms with E-state index < -0.39 is 11.5 Å². The Labute approximate surface area is 99.3 Å². The Morgan fingerprint density at radius 1 is 1.71 bits per heavy atom. The van der Waals surface area contributed by atoms with E-state index in [1.54, 1.807) is 6.92 Å². The Balaban J connectivity index is 2.94. The lowest BCUT2D eigenvalue weighted by Crippen LogP contribution is -2.43. The Morgan fingerprint density at radius 2 is 2.41 bits per heavy atom. The summed E-state index contributed by atoms with van der Waals surface area (Å²) in [6.45, 7) is 3.47. The van der Waals surface area contributed by atoms with E-state index in [0.717, 1.165) is 0 Å². The van der Waals surface area contributed by atoms with Crippen LogP contribution in [0.25, 0.3) is 0 Å². The third-order valence-electron chi connectivity index (χ3n) is 2.38. The summed E-state index contributed by atoms with van der Waals surface area (Å²) in [6.07, 6.45) is 2.58. The second kappa shape index (κ2) is 5.25. The number of aliphatic carboxylic acids is 1. The molecule has 0 aliphatic heterocycles. The molecule has 0 saturated carbocycles. The first-order valence-corrected chi connectivity index (χ1v) is 5.26. The van der Waals surface area contributed by atoms with Crippen LogP contribution < -0.4 is 5.32 Å². The predicted octanol–water partition coefficient (Wildman–Crippen LogP) is 1.40. The molecule has 0 amide bonds. The number of nitrogens with one attached hydrogen (secondary N) is 1. The number of carbonyl (C=O) groups is 1. The third kappa shape index (κ3) is 3.14. The minimum Gasteiger partial charge on any atom is -0.480 e. The fourth-order valence-electron chi connectivity index (χ4n) is 1.45. The highest BCUT2D eigenvalue weighted by Crippen LogP contribution is 2.17. The standard InChI is InChI=1S/C11H14N4O2/c1-3-5-11(2,9(16)17)15-10-13-6-4-8(7-12)14-10/h4,6H,3,5H2,1-2H3,(H,16,17)(H,13,14,15). The van der Waals surface area contributed by atoms with Crippen molar-refractivity contribution in [2.75, 3.05) is 5.32 Å². The zero-order chi connectivity index (χ0) is 12.9. The van der Waals surface area contributed by atoms with Crippen molar-refractivity contribution >= 4 is 11.9 Å². The van der Waals surface area contributed by atoms with E-state index in [2.05, 4.69) is 15.3 Å². The molecule has 17 heavy (non-hydrogen) atoms. The van der Waals surface area contributed by atoms with Crippen molar-refractivity contribution in [2.45, 2.75) is 32.2 Å². The van der Waals surface area contributed by atoms with Crippen molar-refractivity contribution in [1.29, 1.82) is 5.26 Å². The average molecular weight is 234 g/mol. The molecule has 0 spiro atoms. The van der Waals surface area contributed by atoms with E-state index in [-0.39, 0.29) is 11.6 Å². The van der Waals surface area contributed by atoms with Crippen molar-refractivity contribution in [3.05, 3.63) is 18.0 Å². The zero-order valence-electron chi connectivity index (χ0n) is 9.77. The van der Waals surface area contributed by atoms with Crippen molar-refractivity contribution in [1.82, 2.24) is 9.97 Å². The molecule has 0 aromatic carbocycles. The molecule has 6 heteroatoms. The number of rotatable bonds is 5. The summed E-state index contributed by atoms with van der Waals surface area (Å²) in [6, 6.07) is 3.34. The number of carboxylic acid groups (broad SMARTS) is 1. The maximum absolute atomic E-state index is 11.2. The summed E-state index contributed by atoms with van der Waals surface area (Å²) < 4.78 is 0. The van der Waals surface area contributed by atoms with Crippen LogP contribution in [0.5, 0.6) is 0 Å². The van der Waals surface area contributed by atoms with Crippen LogP contribution in [0.15, 0.2) is 12.3 Å². The Kier molecular flexibility index (Phi) is 3.99. The first kappa shape index (κ1) is 12.9. The monoisotopic (exact) mass is 234 g/mol. The van der Waals surface area contributed by atoms with Gasteiger partial charge in [0.1, 0.15) is 17.3 Å². The van der Waals surface area contributed by atoms with E-state index in [4.69, 9.17) is 10.4 Å². The molecule has 1 atom stereocenters. The SMILES string of the molecule is CCCC(C)(Nc1nccc(C#N)n1)C(=O)O. The highest BCUT2D eigenvalue weighted by Gasteiger charge is 2.32. The molecule has 1 aromatic rings.